The number of nitrogens with two attached hydrogens (primary N) is 1. The van der Waals surface area contributed by atoms with Crippen LogP contribution in [0.5, 0.6) is 0 Å². The Hall–Kier alpha value is -1.09. The van der Waals surface area contributed by atoms with Crippen LogP contribution in [0.25, 0.3) is 0 Å². The molecule has 0 saturated heterocycles. The van der Waals surface area contributed by atoms with Gasteiger partial charge >= 0.3 is 0 Å². The molecule has 1 aromatic rings. The van der Waals surface area contributed by atoms with Gasteiger partial charge in [0, 0.05) is 17.8 Å². The molecule has 112 valence electrons. The Labute approximate surface area is 123 Å². The van der Waals surface area contributed by atoms with Gasteiger partial charge in [0.1, 0.15) is 5.82 Å². The second-order valence-corrected chi connectivity index (χ2v) is 6.11. The van der Waals surface area contributed by atoms with Gasteiger partial charge in [-0.1, -0.05) is 39.2 Å². The van der Waals surface area contributed by atoms with Crippen LogP contribution < -0.4 is 11.1 Å². The summed E-state index contributed by atoms with van der Waals surface area (Å²) in [5, 5.41) is 3.72. The molecule has 3 atom stereocenters. The van der Waals surface area contributed by atoms with Gasteiger partial charge in [-0.15, -0.1) is 0 Å². The maximum Gasteiger partial charge on any atom is 0.128 e. The molecule has 3 N–H and O–H groups in total. The molecule has 1 aromatic heterocycles. The van der Waals surface area contributed by atoms with E-state index in [2.05, 4.69) is 30.2 Å². The van der Waals surface area contributed by atoms with Crippen LogP contribution in [0.3, 0.4) is 0 Å². The second-order valence-electron chi connectivity index (χ2n) is 6.11. The zero-order valence-corrected chi connectivity index (χ0v) is 12.9. The Morgan fingerprint density at radius 1 is 1.40 bits per heavy atom. The number of anilines is 1. The van der Waals surface area contributed by atoms with Crippen LogP contribution in [-0.2, 0) is 0 Å². The topological polar surface area (TPSA) is 50.9 Å². The molecule has 0 aromatic carbocycles. The lowest BCUT2D eigenvalue weighted by molar-refractivity contribution is 0.209. The van der Waals surface area contributed by atoms with Crippen molar-refractivity contribution in [2.24, 2.45) is 11.8 Å². The molecule has 20 heavy (non-hydrogen) atoms. The van der Waals surface area contributed by atoms with Gasteiger partial charge in [0.05, 0.1) is 0 Å². The van der Waals surface area contributed by atoms with Gasteiger partial charge in [-0.3, -0.25) is 0 Å². The van der Waals surface area contributed by atoms with E-state index in [-0.39, 0.29) is 0 Å². The van der Waals surface area contributed by atoms with Gasteiger partial charge in [0.15, 0.2) is 0 Å². The van der Waals surface area contributed by atoms with Crippen molar-refractivity contribution < 1.29 is 0 Å². The average Bonchev–Trinajstić information content (AvgIpc) is 2.49. The lowest BCUT2D eigenvalue weighted by atomic mass is 9.75. The van der Waals surface area contributed by atoms with E-state index in [1.165, 1.54) is 37.7 Å². The number of hydrogen-bond donors (Lipinski definition) is 2. The number of nitrogens with one attached hydrogen (secondary N) is 1. The highest BCUT2D eigenvalue weighted by Crippen LogP contribution is 2.39. The highest BCUT2D eigenvalue weighted by molar-refractivity contribution is 5.41. The fourth-order valence-corrected chi connectivity index (χ4v) is 3.53. The van der Waals surface area contributed by atoms with Crippen LogP contribution in [0.15, 0.2) is 18.3 Å². The lowest BCUT2D eigenvalue weighted by Gasteiger charge is -2.35. The van der Waals surface area contributed by atoms with Crippen molar-refractivity contribution >= 4 is 5.82 Å². The minimum Gasteiger partial charge on any atom is -0.383 e. The van der Waals surface area contributed by atoms with Crippen molar-refractivity contribution in [1.82, 2.24) is 10.3 Å². The zero-order valence-electron chi connectivity index (χ0n) is 12.9. The molecule has 3 unspecified atom stereocenters. The number of hydrogen-bond acceptors (Lipinski definition) is 3. The van der Waals surface area contributed by atoms with Crippen LogP contribution in [0.1, 0.15) is 64.0 Å². The third kappa shape index (κ3) is 3.72. The Bertz CT molecular complexity index is 405. The van der Waals surface area contributed by atoms with E-state index in [9.17, 15) is 0 Å². The molecule has 1 heterocycles. The third-order valence-electron chi connectivity index (χ3n) is 4.69. The van der Waals surface area contributed by atoms with Crippen molar-refractivity contribution in [3.05, 3.63) is 23.9 Å². The first-order valence-electron chi connectivity index (χ1n) is 8.20. The molecule has 2 rings (SSSR count). The molecule has 1 saturated carbocycles. The fraction of sp³-hybridized carbons (Fsp3) is 0.706. The van der Waals surface area contributed by atoms with Crippen LogP contribution in [0, 0.1) is 11.8 Å². The van der Waals surface area contributed by atoms with E-state index < -0.39 is 0 Å². The minimum absolute atomic E-state index is 0.373. The number of aromatic nitrogens is 1. The third-order valence-corrected chi connectivity index (χ3v) is 4.69. The molecule has 0 radical (unpaired) electrons. The normalized spacial score (nSPS) is 24.5. The van der Waals surface area contributed by atoms with E-state index in [4.69, 9.17) is 5.73 Å². The van der Waals surface area contributed by atoms with Crippen molar-refractivity contribution in [3.63, 3.8) is 0 Å². The Kier molecular flexibility index (Phi) is 5.84. The zero-order chi connectivity index (χ0) is 14.4. The van der Waals surface area contributed by atoms with Gasteiger partial charge in [-0.25, -0.2) is 4.98 Å². The molecule has 3 nitrogen and oxygen atoms in total. The summed E-state index contributed by atoms with van der Waals surface area (Å²) in [6.07, 6.45) is 9.63. The van der Waals surface area contributed by atoms with Crippen molar-refractivity contribution in [2.75, 3.05) is 12.3 Å². The molecular weight excluding hydrogens is 246 g/mol. The van der Waals surface area contributed by atoms with Crippen molar-refractivity contribution in [3.8, 4) is 0 Å². The highest BCUT2D eigenvalue weighted by atomic mass is 14.9. The fourth-order valence-electron chi connectivity index (χ4n) is 3.53. The molecule has 1 aliphatic carbocycles. The Balaban J connectivity index is 2.16. The first kappa shape index (κ1) is 15.3. The second kappa shape index (κ2) is 7.63. The van der Waals surface area contributed by atoms with E-state index in [0.29, 0.717) is 17.8 Å². The van der Waals surface area contributed by atoms with Gasteiger partial charge < -0.3 is 11.1 Å². The molecule has 0 spiro atoms. The number of nitrogen functional groups attached to an aromatic ring is 1. The summed E-state index contributed by atoms with van der Waals surface area (Å²) in [7, 11) is 0. The van der Waals surface area contributed by atoms with Gasteiger partial charge in [-0.2, -0.15) is 0 Å². The maximum absolute atomic E-state index is 6.12. The summed E-state index contributed by atoms with van der Waals surface area (Å²) in [5.74, 6) is 2.28. The Morgan fingerprint density at radius 2 is 2.25 bits per heavy atom. The minimum atomic E-state index is 0.373. The molecule has 3 heteroatoms. The predicted octanol–water partition coefficient (Wildman–Crippen LogP) is 3.92. The molecular formula is C17H29N3. The van der Waals surface area contributed by atoms with Crippen molar-refractivity contribution in [2.45, 2.75) is 58.4 Å². The van der Waals surface area contributed by atoms with E-state index in [0.717, 1.165) is 18.9 Å². The molecule has 0 bridgehead atoms. The summed E-state index contributed by atoms with van der Waals surface area (Å²) in [4.78, 5) is 4.28. The number of rotatable bonds is 6. The van der Waals surface area contributed by atoms with Gasteiger partial charge in [0.2, 0.25) is 0 Å². The maximum atomic E-state index is 6.12. The highest BCUT2D eigenvalue weighted by Gasteiger charge is 2.29. The smallest absolute Gasteiger partial charge is 0.128 e. The van der Waals surface area contributed by atoms with E-state index in [1.807, 2.05) is 6.07 Å². The van der Waals surface area contributed by atoms with Gasteiger partial charge in [0.25, 0.3) is 0 Å². The predicted molar refractivity (Wildman–Crippen MR) is 85.4 cm³/mol. The Morgan fingerprint density at radius 3 is 2.95 bits per heavy atom. The van der Waals surface area contributed by atoms with Crippen molar-refractivity contribution in [1.29, 1.82) is 0 Å². The number of nitrogens with zero attached hydrogens (tertiary/aromatic N) is 1. The molecule has 0 aliphatic heterocycles. The SMILES string of the molecule is CCCNC(c1cccnc1N)C1CCCC(CC)C1. The van der Waals surface area contributed by atoms with Crippen LogP contribution in [0.4, 0.5) is 5.82 Å². The summed E-state index contributed by atoms with van der Waals surface area (Å²) in [6, 6.07) is 4.52. The molecule has 0 amide bonds. The van der Waals surface area contributed by atoms with Crippen LogP contribution in [0.2, 0.25) is 0 Å². The summed E-state index contributed by atoms with van der Waals surface area (Å²) in [5.41, 5.74) is 7.31. The average molecular weight is 275 g/mol. The number of pyridine rings is 1. The first-order valence-corrected chi connectivity index (χ1v) is 8.20. The van der Waals surface area contributed by atoms with E-state index >= 15 is 0 Å². The van der Waals surface area contributed by atoms with Crippen LogP contribution >= 0.6 is 0 Å². The monoisotopic (exact) mass is 275 g/mol. The van der Waals surface area contributed by atoms with E-state index in [1.54, 1.807) is 6.20 Å². The quantitative estimate of drug-likeness (QED) is 0.827. The van der Waals surface area contributed by atoms with Gasteiger partial charge in [-0.05, 0) is 43.7 Å². The van der Waals surface area contributed by atoms with Crippen LogP contribution in [-0.4, -0.2) is 11.5 Å². The lowest BCUT2D eigenvalue weighted by Crippen LogP contribution is -2.32. The molecule has 1 aliphatic rings. The summed E-state index contributed by atoms with van der Waals surface area (Å²) < 4.78 is 0. The standard InChI is InChI=1S/C17H29N3/c1-3-10-19-16(15-9-6-11-20-17(15)18)14-8-5-7-13(4-2)12-14/h6,9,11,13-14,16,19H,3-5,7-8,10,12H2,1-2H3,(H2,18,20). The largest absolute Gasteiger partial charge is 0.383 e. The molecule has 1 fully saturated rings. The first-order chi connectivity index (χ1) is 9.76. The summed E-state index contributed by atoms with van der Waals surface area (Å²) >= 11 is 0. The summed E-state index contributed by atoms with van der Waals surface area (Å²) in [6.45, 7) is 5.58.